The zero-order valence-corrected chi connectivity index (χ0v) is 16.5. The summed E-state index contributed by atoms with van der Waals surface area (Å²) in [5, 5.41) is 0. The van der Waals surface area contributed by atoms with Crippen LogP contribution in [0.5, 0.6) is 23.0 Å². The molecule has 0 aliphatic heterocycles. The maximum atomic E-state index is 12.9. The van der Waals surface area contributed by atoms with Gasteiger partial charge >= 0.3 is 0 Å². The molecule has 27 heavy (non-hydrogen) atoms. The Kier molecular flexibility index (Phi) is 5.36. The Balaban J connectivity index is 2.17. The Morgan fingerprint density at radius 1 is 0.926 bits per heavy atom. The molecule has 0 bridgehead atoms. The Hall–Kier alpha value is -3.00. The first-order chi connectivity index (χ1) is 13.0. The van der Waals surface area contributed by atoms with Crippen molar-refractivity contribution in [2.24, 2.45) is 12.0 Å². The number of aromatic nitrogens is 1. The highest BCUT2D eigenvalue weighted by atomic mass is 32.1. The number of hydrogen-bond acceptors (Lipinski definition) is 6. The average Bonchev–Trinajstić information content (AvgIpc) is 3.00. The lowest BCUT2D eigenvalue weighted by atomic mass is 10.1. The van der Waals surface area contributed by atoms with Gasteiger partial charge in [-0.1, -0.05) is 17.4 Å². The first-order valence-electron chi connectivity index (χ1n) is 8.05. The van der Waals surface area contributed by atoms with Crippen LogP contribution in [0, 0.1) is 0 Å². The van der Waals surface area contributed by atoms with Crippen LogP contribution in [0.1, 0.15) is 10.4 Å². The largest absolute Gasteiger partial charge is 0.496 e. The molecule has 0 saturated carbocycles. The number of benzene rings is 2. The zero-order chi connectivity index (χ0) is 19.6. The van der Waals surface area contributed by atoms with Gasteiger partial charge in [0.15, 0.2) is 16.3 Å². The van der Waals surface area contributed by atoms with E-state index in [2.05, 4.69) is 4.99 Å². The molecular formula is C19H20N2O5S. The summed E-state index contributed by atoms with van der Waals surface area (Å²) in [4.78, 5) is 17.7. The van der Waals surface area contributed by atoms with E-state index in [4.69, 9.17) is 18.9 Å². The third-order valence-corrected chi connectivity index (χ3v) is 5.25. The van der Waals surface area contributed by atoms with Crippen LogP contribution in [0.15, 0.2) is 35.3 Å². The minimum Gasteiger partial charge on any atom is -0.496 e. The number of methoxy groups -OCH3 is 4. The number of hydrogen-bond donors (Lipinski definition) is 0. The number of ether oxygens (including phenoxy) is 4. The van der Waals surface area contributed by atoms with Crippen LogP contribution in [0.4, 0.5) is 0 Å². The minimum absolute atomic E-state index is 0.287. The lowest BCUT2D eigenvalue weighted by Gasteiger charge is -2.09. The van der Waals surface area contributed by atoms with Gasteiger partial charge < -0.3 is 23.5 Å². The standard InChI is InChI=1S/C19H20N2O5S/c1-21-11-9-14(25-4)15(26-5)10-16(11)27-19(21)20-18(22)17-12(23-2)7-6-8-13(17)24-3/h6-10H,1-5H3. The highest BCUT2D eigenvalue weighted by Crippen LogP contribution is 2.33. The number of amides is 1. The highest BCUT2D eigenvalue weighted by molar-refractivity contribution is 7.16. The van der Waals surface area contributed by atoms with Crippen LogP contribution in [0.25, 0.3) is 10.2 Å². The van der Waals surface area contributed by atoms with Crippen molar-refractivity contribution in [3.63, 3.8) is 0 Å². The average molecular weight is 388 g/mol. The molecule has 0 N–H and O–H groups in total. The van der Waals surface area contributed by atoms with Crippen LogP contribution in [0.2, 0.25) is 0 Å². The smallest absolute Gasteiger partial charge is 0.287 e. The zero-order valence-electron chi connectivity index (χ0n) is 15.7. The van der Waals surface area contributed by atoms with Crippen molar-refractivity contribution >= 4 is 27.5 Å². The molecule has 0 aliphatic rings. The van der Waals surface area contributed by atoms with Gasteiger partial charge in [0.05, 0.1) is 38.7 Å². The quantitative estimate of drug-likeness (QED) is 0.672. The number of carbonyl (C=O) groups excluding carboxylic acids is 1. The minimum atomic E-state index is -0.439. The van der Waals surface area contributed by atoms with E-state index in [0.717, 1.165) is 10.2 Å². The molecule has 0 atom stereocenters. The molecule has 0 fully saturated rings. The van der Waals surface area contributed by atoms with Gasteiger partial charge in [0.1, 0.15) is 17.1 Å². The Labute approximate surface area is 160 Å². The lowest BCUT2D eigenvalue weighted by Crippen LogP contribution is -2.14. The van der Waals surface area contributed by atoms with E-state index in [-0.39, 0.29) is 5.56 Å². The molecule has 0 aliphatic carbocycles. The van der Waals surface area contributed by atoms with Gasteiger partial charge in [0.25, 0.3) is 5.91 Å². The summed E-state index contributed by atoms with van der Waals surface area (Å²) in [5.74, 6) is 1.62. The fraction of sp³-hybridized carbons (Fsp3) is 0.263. The predicted octanol–water partition coefficient (Wildman–Crippen LogP) is 3.02. The topological polar surface area (TPSA) is 71.3 Å². The van der Waals surface area contributed by atoms with Crippen molar-refractivity contribution in [2.75, 3.05) is 28.4 Å². The van der Waals surface area contributed by atoms with Crippen molar-refractivity contribution < 1.29 is 23.7 Å². The van der Waals surface area contributed by atoms with E-state index >= 15 is 0 Å². The van der Waals surface area contributed by atoms with Crippen molar-refractivity contribution in [1.82, 2.24) is 4.57 Å². The number of fused-ring (bicyclic) bond motifs is 1. The van der Waals surface area contributed by atoms with Gasteiger partial charge in [0.2, 0.25) is 0 Å². The molecule has 0 spiro atoms. The Bertz CT molecular complexity index is 1050. The van der Waals surface area contributed by atoms with Crippen molar-refractivity contribution in [1.29, 1.82) is 0 Å². The molecule has 0 radical (unpaired) electrons. The second-order valence-corrected chi connectivity index (χ2v) is 6.58. The summed E-state index contributed by atoms with van der Waals surface area (Å²) < 4.78 is 24.1. The molecule has 1 heterocycles. The summed E-state index contributed by atoms with van der Waals surface area (Å²) in [6, 6.07) is 8.88. The molecular weight excluding hydrogens is 368 g/mol. The number of nitrogens with zero attached hydrogens (tertiary/aromatic N) is 2. The maximum Gasteiger partial charge on any atom is 0.287 e. The number of rotatable bonds is 5. The van der Waals surface area contributed by atoms with E-state index in [1.54, 1.807) is 32.4 Å². The monoisotopic (exact) mass is 388 g/mol. The summed E-state index contributed by atoms with van der Waals surface area (Å²) in [7, 11) is 8.02. The first-order valence-corrected chi connectivity index (χ1v) is 8.87. The molecule has 8 heteroatoms. The molecule has 7 nitrogen and oxygen atoms in total. The van der Waals surface area contributed by atoms with Crippen LogP contribution in [-0.4, -0.2) is 38.9 Å². The van der Waals surface area contributed by atoms with E-state index < -0.39 is 5.91 Å². The van der Waals surface area contributed by atoms with Crippen LogP contribution in [0.3, 0.4) is 0 Å². The van der Waals surface area contributed by atoms with Gasteiger partial charge in [-0.15, -0.1) is 0 Å². The Morgan fingerprint density at radius 3 is 2.04 bits per heavy atom. The van der Waals surface area contributed by atoms with Gasteiger partial charge in [-0.05, 0) is 12.1 Å². The van der Waals surface area contributed by atoms with E-state index in [9.17, 15) is 4.79 Å². The SMILES string of the molecule is COc1cc2sc(=NC(=O)c3c(OC)cccc3OC)n(C)c2cc1OC. The van der Waals surface area contributed by atoms with E-state index in [0.29, 0.717) is 27.8 Å². The van der Waals surface area contributed by atoms with Crippen LogP contribution < -0.4 is 23.7 Å². The molecule has 1 amide bonds. The number of carbonyl (C=O) groups is 1. The molecule has 142 valence electrons. The summed E-state index contributed by atoms with van der Waals surface area (Å²) in [5.41, 5.74) is 1.17. The summed E-state index contributed by atoms with van der Waals surface area (Å²) in [6.45, 7) is 0. The fourth-order valence-corrected chi connectivity index (χ4v) is 3.79. The fourth-order valence-electron chi connectivity index (χ4n) is 2.77. The van der Waals surface area contributed by atoms with E-state index in [1.807, 2.05) is 23.7 Å². The van der Waals surface area contributed by atoms with Gasteiger partial charge in [-0.3, -0.25) is 4.79 Å². The van der Waals surface area contributed by atoms with Gasteiger partial charge in [-0.2, -0.15) is 4.99 Å². The second kappa shape index (κ2) is 7.71. The van der Waals surface area contributed by atoms with Crippen LogP contribution in [-0.2, 0) is 7.05 Å². The third-order valence-electron chi connectivity index (χ3n) is 4.15. The highest BCUT2D eigenvalue weighted by Gasteiger charge is 2.18. The predicted molar refractivity (Wildman–Crippen MR) is 103 cm³/mol. The first kappa shape index (κ1) is 18.8. The third kappa shape index (κ3) is 3.35. The molecule has 3 aromatic rings. The lowest BCUT2D eigenvalue weighted by molar-refractivity contribution is 0.0992. The van der Waals surface area contributed by atoms with Gasteiger partial charge in [-0.25, -0.2) is 0 Å². The molecule has 1 aromatic heterocycles. The van der Waals surface area contributed by atoms with Crippen molar-refractivity contribution in [2.45, 2.75) is 0 Å². The molecule has 0 unspecified atom stereocenters. The Morgan fingerprint density at radius 2 is 1.48 bits per heavy atom. The molecule has 3 rings (SSSR count). The number of thiazole rings is 1. The van der Waals surface area contributed by atoms with Gasteiger partial charge in [0, 0.05) is 19.2 Å². The molecule has 2 aromatic carbocycles. The second-order valence-electron chi connectivity index (χ2n) is 5.57. The normalized spacial score (nSPS) is 11.5. The number of aryl methyl sites for hydroxylation is 1. The van der Waals surface area contributed by atoms with Crippen LogP contribution >= 0.6 is 11.3 Å². The van der Waals surface area contributed by atoms with Crippen molar-refractivity contribution in [3.8, 4) is 23.0 Å². The van der Waals surface area contributed by atoms with Crippen molar-refractivity contribution in [3.05, 3.63) is 40.7 Å². The molecule has 0 saturated heterocycles. The summed E-state index contributed by atoms with van der Waals surface area (Å²) >= 11 is 1.38. The summed E-state index contributed by atoms with van der Waals surface area (Å²) in [6.07, 6.45) is 0. The van der Waals surface area contributed by atoms with E-state index in [1.165, 1.54) is 25.6 Å². The maximum absolute atomic E-state index is 12.9.